The van der Waals surface area contributed by atoms with Crippen molar-refractivity contribution in [3.05, 3.63) is 51.2 Å². The molecule has 0 aliphatic rings. The van der Waals surface area contributed by atoms with Gasteiger partial charge in [-0.15, -0.1) is 0 Å². The number of benzene rings is 1. The Morgan fingerprint density at radius 2 is 1.75 bits per heavy atom. The van der Waals surface area contributed by atoms with Crippen LogP contribution in [-0.2, 0) is 0 Å². The Bertz CT molecular complexity index is 525. The van der Waals surface area contributed by atoms with E-state index in [1.54, 1.807) is 35.0 Å². The summed E-state index contributed by atoms with van der Waals surface area (Å²) in [6.07, 6.45) is 2.45. The molecule has 0 aliphatic heterocycles. The van der Waals surface area contributed by atoms with Crippen LogP contribution >= 0.6 is 34.8 Å². The highest BCUT2D eigenvalue weighted by Crippen LogP contribution is 2.32. The third-order valence-corrected chi connectivity index (χ3v) is 2.92. The largest absolute Gasteiger partial charge is 0.311 e. The van der Waals surface area contributed by atoms with Crippen LogP contribution in [0.2, 0.25) is 15.1 Å². The van der Waals surface area contributed by atoms with Crippen LogP contribution in [0.1, 0.15) is 10.5 Å². The molecule has 0 unspecified atom stereocenters. The first kappa shape index (κ1) is 11.5. The highest BCUT2D eigenvalue weighted by Gasteiger charge is 2.11. The molecule has 16 heavy (non-hydrogen) atoms. The summed E-state index contributed by atoms with van der Waals surface area (Å²) in [6.45, 7) is 0. The van der Waals surface area contributed by atoms with Gasteiger partial charge in [0.15, 0.2) is 6.29 Å². The Labute approximate surface area is 107 Å². The van der Waals surface area contributed by atoms with Gasteiger partial charge in [0.25, 0.3) is 0 Å². The van der Waals surface area contributed by atoms with E-state index in [2.05, 4.69) is 0 Å². The standard InChI is InChI=1S/C11H6Cl3NO/c12-7-4-9(13)11(10(14)5-7)15-3-1-2-8(15)6-16/h1-6H. The highest BCUT2D eigenvalue weighted by molar-refractivity contribution is 6.40. The fraction of sp³-hybridized carbons (Fsp3) is 0. The van der Waals surface area contributed by atoms with Crippen LogP contribution in [0, 0.1) is 0 Å². The summed E-state index contributed by atoms with van der Waals surface area (Å²) in [5, 5.41) is 1.26. The lowest BCUT2D eigenvalue weighted by Crippen LogP contribution is -1.99. The maximum absolute atomic E-state index is 10.8. The maximum Gasteiger partial charge on any atom is 0.166 e. The zero-order chi connectivity index (χ0) is 11.7. The fourth-order valence-corrected chi connectivity index (χ4v) is 2.46. The Balaban J connectivity index is 2.69. The first-order valence-corrected chi connectivity index (χ1v) is 5.54. The van der Waals surface area contributed by atoms with E-state index in [0.717, 1.165) is 6.29 Å². The summed E-state index contributed by atoms with van der Waals surface area (Å²) in [7, 11) is 0. The Hall–Kier alpha value is -0.960. The van der Waals surface area contributed by atoms with E-state index in [0.29, 0.717) is 26.4 Å². The molecule has 0 atom stereocenters. The second-order valence-electron chi connectivity index (χ2n) is 3.14. The zero-order valence-corrected chi connectivity index (χ0v) is 10.2. The molecule has 0 fully saturated rings. The summed E-state index contributed by atoms with van der Waals surface area (Å²) >= 11 is 17.9. The smallest absolute Gasteiger partial charge is 0.166 e. The van der Waals surface area contributed by atoms with Gasteiger partial charge in [-0.1, -0.05) is 34.8 Å². The first-order chi connectivity index (χ1) is 7.63. The van der Waals surface area contributed by atoms with Crippen molar-refractivity contribution in [3.63, 3.8) is 0 Å². The molecule has 1 aromatic carbocycles. The van der Waals surface area contributed by atoms with Gasteiger partial charge in [-0.25, -0.2) is 0 Å². The molecule has 0 saturated heterocycles. The minimum absolute atomic E-state index is 0.400. The molecule has 2 rings (SSSR count). The highest BCUT2D eigenvalue weighted by atomic mass is 35.5. The summed E-state index contributed by atoms with van der Waals surface area (Å²) in [5.74, 6) is 0. The number of hydrogen-bond acceptors (Lipinski definition) is 1. The molecule has 0 radical (unpaired) electrons. The number of rotatable bonds is 2. The number of nitrogens with zero attached hydrogens (tertiary/aromatic N) is 1. The summed E-state index contributed by atoms with van der Waals surface area (Å²) in [6, 6.07) is 6.58. The number of carbonyl (C=O) groups excluding carboxylic acids is 1. The van der Waals surface area contributed by atoms with Gasteiger partial charge in [0.2, 0.25) is 0 Å². The molecular weight excluding hydrogens is 268 g/mol. The number of hydrogen-bond donors (Lipinski definition) is 0. The molecule has 0 aliphatic carbocycles. The average Bonchev–Trinajstić information content (AvgIpc) is 2.64. The SMILES string of the molecule is O=Cc1cccn1-c1c(Cl)cc(Cl)cc1Cl. The molecule has 0 saturated carbocycles. The number of aromatic nitrogens is 1. The van der Waals surface area contributed by atoms with Gasteiger partial charge < -0.3 is 4.57 Å². The van der Waals surface area contributed by atoms with E-state index < -0.39 is 0 Å². The van der Waals surface area contributed by atoms with Crippen LogP contribution in [0.25, 0.3) is 5.69 Å². The lowest BCUT2D eigenvalue weighted by molar-refractivity contribution is 0.111. The van der Waals surface area contributed by atoms with Crippen molar-refractivity contribution in [2.24, 2.45) is 0 Å². The van der Waals surface area contributed by atoms with E-state index in [9.17, 15) is 4.79 Å². The average molecular weight is 275 g/mol. The fourth-order valence-electron chi connectivity index (χ4n) is 1.46. The molecule has 0 spiro atoms. The van der Waals surface area contributed by atoms with Crippen molar-refractivity contribution in [2.75, 3.05) is 0 Å². The van der Waals surface area contributed by atoms with E-state index in [1.807, 2.05) is 0 Å². The molecule has 1 heterocycles. The van der Waals surface area contributed by atoms with Gasteiger partial charge in [-0.3, -0.25) is 4.79 Å². The second-order valence-corrected chi connectivity index (χ2v) is 4.39. The third kappa shape index (κ3) is 1.96. The van der Waals surface area contributed by atoms with Crippen LogP contribution in [0.3, 0.4) is 0 Å². The monoisotopic (exact) mass is 273 g/mol. The third-order valence-electron chi connectivity index (χ3n) is 2.12. The number of halogens is 3. The van der Waals surface area contributed by atoms with Gasteiger partial charge in [0, 0.05) is 11.2 Å². The topological polar surface area (TPSA) is 22.0 Å². The molecule has 82 valence electrons. The molecule has 0 bridgehead atoms. The quantitative estimate of drug-likeness (QED) is 0.750. The Kier molecular flexibility index (Phi) is 3.24. The number of carbonyl (C=O) groups is 1. The van der Waals surface area contributed by atoms with E-state index in [-0.39, 0.29) is 0 Å². The zero-order valence-electron chi connectivity index (χ0n) is 7.95. The second kappa shape index (κ2) is 4.50. The van der Waals surface area contributed by atoms with Crippen molar-refractivity contribution >= 4 is 41.1 Å². The van der Waals surface area contributed by atoms with Crippen LogP contribution in [0.5, 0.6) is 0 Å². The van der Waals surface area contributed by atoms with Crippen LogP contribution < -0.4 is 0 Å². The van der Waals surface area contributed by atoms with Crippen LogP contribution in [0.15, 0.2) is 30.5 Å². The van der Waals surface area contributed by atoms with Gasteiger partial charge in [0.1, 0.15) is 0 Å². The summed E-state index contributed by atoms with van der Waals surface area (Å²) in [5.41, 5.74) is 1.03. The van der Waals surface area contributed by atoms with Crippen molar-refractivity contribution in [1.82, 2.24) is 4.57 Å². The lowest BCUT2D eigenvalue weighted by Gasteiger charge is -2.10. The van der Waals surface area contributed by atoms with Crippen molar-refractivity contribution in [1.29, 1.82) is 0 Å². The van der Waals surface area contributed by atoms with Crippen molar-refractivity contribution < 1.29 is 4.79 Å². The molecule has 2 nitrogen and oxygen atoms in total. The molecule has 0 amide bonds. The minimum atomic E-state index is 0.400. The maximum atomic E-state index is 10.8. The van der Waals surface area contributed by atoms with Gasteiger partial charge >= 0.3 is 0 Å². The van der Waals surface area contributed by atoms with E-state index >= 15 is 0 Å². The number of aldehydes is 1. The molecule has 1 aromatic heterocycles. The van der Waals surface area contributed by atoms with Crippen molar-refractivity contribution in [3.8, 4) is 5.69 Å². The minimum Gasteiger partial charge on any atom is -0.311 e. The van der Waals surface area contributed by atoms with Gasteiger partial charge in [-0.05, 0) is 24.3 Å². The van der Waals surface area contributed by atoms with Gasteiger partial charge in [0.05, 0.1) is 21.4 Å². The van der Waals surface area contributed by atoms with Gasteiger partial charge in [-0.2, -0.15) is 0 Å². The predicted molar refractivity (Wildman–Crippen MR) is 66.2 cm³/mol. The Morgan fingerprint density at radius 3 is 2.31 bits per heavy atom. The predicted octanol–water partition coefficient (Wildman–Crippen LogP) is 4.25. The first-order valence-electron chi connectivity index (χ1n) is 4.41. The lowest BCUT2D eigenvalue weighted by atomic mass is 10.3. The summed E-state index contributed by atoms with van der Waals surface area (Å²) in [4.78, 5) is 10.8. The molecule has 5 heteroatoms. The van der Waals surface area contributed by atoms with E-state index in [4.69, 9.17) is 34.8 Å². The summed E-state index contributed by atoms with van der Waals surface area (Å²) < 4.78 is 1.62. The van der Waals surface area contributed by atoms with Crippen LogP contribution in [0.4, 0.5) is 0 Å². The van der Waals surface area contributed by atoms with E-state index in [1.165, 1.54) is 0 Å². The molecule has 0 N–H and O–H groups in total. The molecular formula is C11H6Cl3NO. The normalized spacial score (nSPS) is 10.4. The Morgan fingerprint density at radius 1 is 1.12 bits per heavy atom. The molecule has 2 aromatic rings. The van der Waals surface area contributed by atoms with Crippen molar-refractivity contribution in [2.45, 2.75) is 0 Å². The van der Waals surface area contributed by atoms with Crippen LogP contribution in [-0.4, -0.2) is 10.9 Å².